The Morgan fingerprint density at radius 1 is 1.30 bits per heavy atom. The van der Waals surface area contributed by atoms with Gasteiger partial charge in [-0.2, -0.15) is 13.2 Å². The minimum absolute atomic E-state index is 0.0375. The number of halogens is 4. The van der Waals surface area contributed by atoms with Crippen LogP contribution in [0.5, 0.6) is 11.5 Å². The fourth-order valence-corrected chi connectivity index (χ4v) is 3.05. The third kappa shape index (κ3) is 4.03. The van der Waals surface area contributed by atoms with Crippen molar-refractivity contribution in [3.63, 3.8) is 0 Å². The lowest BCUT2D eigenvalue weighted by Gasteiger charge is -2.28. The second-order valence-electron chi connectivity index (χ2n) is 5.96. The molecule has 0 saturated carbocycles. The van der Waals surface area contributed by atoms with Gasteiger partial charge in [-0.3, -0.25) is 0 Å². The van der Waals surface area contributed by atoms with Gasteiger partial charge in [-0.05, 0) is 47.9 Å². The minimum atomic E-state index is -4.79. The molecule has 0 spiro atoms. The van der Waals surface area contributed by atoms with E-state index < -0.39 is 23.8 Å². The molecule has 3 rings (SSSR count). The molecule has 1 heterocycles. The lowest BCUT2D eigenvalue weighted by Crippen LogP contribution is -2.40. The van der Waals surface area contributed by atoms with Crippen LogP contribution in [0.1, 0.15) is 16.7 Å². The Morgan fingerprint density at radius 2 is 2.04 bits per heavy atom. The van der Waals surface area contributed by atoms with Gasteiger partial charge in [0.2, 0.25) is 6.10 Å². The highest BCUT2D eigenvalue weighted by molar-refractivity contribution is 6.31. The fourth-order valence-electron chi connectivity index (χ4n) is 2.81. The summed E-state index contributed by atoms with van der Waals surface area (Å²) < 4.78 is 49.5. The Bertz CT molecular complexity index is 922. The van der Waals surface area contributed by atoms with Crippen LogP contribution >= 0.6 is 11.6 Å². The number of aromatic hydroxyl groups is 1. The van der Waals surface area contributed by atoms with Crippen molar-refractivity contribution in [2.24, 2.45) is 0 Å². The summed E-state index contributed by atoms with van der Waals surface area (Å²) in [6.07, 6.45) is -5.85. The molecule has 1 aliphatic rings. The average molecular weight is 399 g/mol. The van der Waals surface area contributed by atoms with Gasteiger partial charge in [0.15, 0.2) is 0 Å². The van der Waals surface area contributed by atoms with Gasteiger partial charge in [-0.15, -0.1) is 0 Å². The Kier molecular flexibility index (Phi) is 5.06. The highest BCUT2D eigenvalue weighted by Crippen LogP contribution is 2.40. The largest absolute Gasteiger partial charge is 0.508 e. The van der Waals surface area contributed by atoms with Crippen molar-refractivity contribution in [1.82, 2.24) is 0 Å². The van der Waals surface area contributed by atoms with Crippen LogP contribution in [0.3, 0.4) is 0 Å². The van der Waals surface area contributed by atoms with E-state index >= 15 is 0 Å². The van der Waals surface area contributed by atoms with Gasteiger partial charge in [0, 0.05) is 10.6 Å². The molecule has 0 fully saturated rings. The molecule has 0 amide bonds. The standard InChI is InChI=1S/C19H14ClF3O4/c1-26-18(25)14-7-12-8-15(20)11(5-10-3-2-4-13(24)6-10)9-16(12)27-17(14)19(21,22)23/h2-4,6-9,17,24H,5H2,1H3. The molecule has 4 nitrogen and oxygen atoms in total. The second-order valence-corrected chi connectivity index (χ2v) is 6.37. The van der Waals surface area contributed by atoms with Crippen LogP contribution in [0, 0.1) is 0 Å². The minimum Gasteiger partial charge on any atom is -0.508 e. The number of rotatable bonds is 3. The molecular weight excluding hydrogens is 385 g/mol. The summed E-state index contributed by atoms with van der Waals surface area (Å²) in [4.78, 5) is 11.7. The van der Waals surface area contributed by atoms with Crippen LogP contribution in [0.4, 0.5) is 13.2 Å². The molecule has 1 atom stereocenters. The third-order valence-electron chi connectivity index (χ3n) is 4.04. The van der Waals surface area contributed by atoms with Gasteiger partial charge in [0.25, 0.3) is 0 Å². The van der Waals surface area contributed by atoms with Gasteiger partial charge < -0.3 is 14.6 Å². The fraction of sp³-hybridized carbons (Fsp3) is 0.211. The quantitative estimate of drug-likeness (QED) is 0.772. The number of hydrogen-bond acceptors (Lipinski definition) is 4. The molecule has 1 unspecified atom stereocenters. The number of phenols is 1. The molecule has 1 aliphatic heterocycles. The number of alkyl halides is 3. The number of carbonyl (C=O) groups is 1. The normalized spacial score (nSPS) is 16.2. The zero-order chi connectivity index (χ0) is 19.8. The van der Waals surface area contributed by atoms with E-state index in [0.717, 1.165) is 18.7 Å². The number of hydrogen-bond donors (Lipinski definition) is 1. The Labute approximate surface area is 157 Å². The van der Waals surface area contributed by atoms with E-state index in [-0.39, 0.29) is 23.5 Å². The lowest BCUT2D eigenvalue weighted by atomic mass is 9.97. The molecule has 8 heteroatoms. The van der Waals surface area contributed by atoms with Crippen LogP contribution in [-0.2, 0) is 16.0 Å². The number of fused-ring (bicyclic) bond motifs is 1. The van der Waals surface area contributed by atoms with E-state index in [2.05, 4.69) is 4.74 Å². The highest BCUT2D eigenvalue weighted by atomic mass is 35.5. The van der Waals surface area contributed by atoms with Crippen molar-refractivity contribution in [3.8, 4) is 11.5 Å². The number of carbonyl (C=O) groups excluding carboxylic acids is 1. The zero-order valence-electron chi connectivity index (χ0n) is 14.0. The molecule has 142 valence electrons. The maximum atomic E-state index is 13.3. The Hall–Kier alpha value is -2.67. The van der Waals surface area contributed by atoms with E-state index in [1.165, 1.54) is 24.3 Å². The predicted octanol–water partition coefficient (Wildman–Crippen LogP) is 4.52. The molecular formula is C19H14ClF3O4. The molecule has 0 aromatic heterocycles. The maximum Gasteiger partial charge on any atom is 0.430 e. The molecule has 0 saturated heterocycles. The molecule has 2 aromatic carbocycles. The highest BCUT2D eigenvalue weighted by Gasteiger charge is 2.48. The van der Waals surface area contributed by atoms with Crippen LogP contribution in [0.2, 0.25) is 5.02 Å². The average Bonchev–Trinajstić information content (AvgIpc) is 2.60. The summed E-state index contributed by atoms with van der Waals surface area (Å²) in [5.74, 6) is -1.09. The van der Waals surface area contributed by atoms with Crippen molar-refractivity contribution in [3.05, 3.63) is 63.7 Å². The predicted molar refractivity (Wildman–Crippen MR) is 92.8 cm³/mol. The molecule has 2 aromatic rings. The van der Waals surface area contributed by atoms with Gasteiger partial charge >= 0.3 is 12.1 Å². The number of esters is 1. The summed E-state index contributed by atoms with van der Waals surface area (Å²) in [7, 11) is 0.997. The van der Waals surface area contributed by atoms with Crippen molar-refractivity contribution >= 4 is 23.6 Å². The smallest absolute Gasteiger partial charge is 0.430 e. The summed E-state index contributed by atoms with van der Waals surface area (Å²) >= 11 is 6.25. The molecule has 0 aliphatic carbocycles. The van der Waals surface area contributed by atoms with E-state index in [9.17, 15) is 23.1 Å². The van der Waals surface area contributed by atoms with Crippen molar-refractivity contribution in [2.75, 3.05) is 7.11 Å². The lowest BCUT2D eigenvalue weighted by molar-refractivity contribution is -0.187. The molecule has 0 bridgehead atoms. The number of benzene rings is 2. The van der Waals surface area contributed by atoms with E-state index in [4.69, 9.17) is 16.3 Å². The van der Waals surface area contributed by atoms with Gasteiger partial charge in [-0.1, -0.05) is 23.7 Å². The number of ether oxygens (including phenoxy) is 2. The molecule has 0 radical (unpaired) electrons. The van der Waals surface area contributed by atoms with Crippen LogP contribution in [-0.4, -0.2) is 30.5 Å². The monoisotopic (exact) mass is 398 g/mol. The maximum absolute atomic E-state index is 13.3. The van der Waals surface area contributed by atoms with Crippen LogP contribution in [0.15, 0.2) is 42.0 Å². The van der Waals surface area contributed by atoms with Gasteiger partial charge in [-0.25, -0.2) is 4.79 Å². The Morgan fingerprint density at radius 3 is 2.67 bits per heavy atom. The summed E-state index contributed by atoms with van der Waals surface area (Å²) in [6, 6.07) is 9.29. The van der Waals surface area contributed by atoms with E-state index in [0.29, 0.717) is 10.6 Å². The van der Waals surface area contributed by atoms with Crippen molar-refractivity contribution in [2.45, 2.75) is 18.7 Å². The first-order valence-electron chi connectivity index (χ1n) is 7.82. The summed E-state index contributed by atoms with van der Waals surface area (Å²) in [5.41, 5.74) is 0.859. The summed E-state index contributed by atoms with van der Waals surface area (Å²) in [5, 5.41) is 9.84. The third-order valence-corrected chi connectivity index (χ3v) is 4.39. The molecule has 1 N–H and O–H groups in total. The zero-order valence-corrected chi connectivity index (χ0v) is 14.8. The number of methoxy groups -OCH3 is 1. The number of phenolic OH excluding ortho intramolecular Hbond substituents is 1. The first-order valence-corrected chi connectivity index (χ1v) is 8.20. The van der Waals surface area contributed by atoms with Gasteiger partial charge in [0.05, 0.1) is 12.7 Å². The first-order chi connectivity index (χ1) is 12.7. The second kappa shape index (κ2) is 7.15. The van der Waals surface area contributed by atoms with Gasteiger partial charge in [0.1, 0.15) is 11.5 Å². The topological polar surface area (TPSA) is 55.8 Å². The first kappa shape index (κ1) is 19.1. The van der Waals surface area contributed by atoms with E-state index in [1.807, 2.05) is 0 Å². The summed E-state index contributed by atoms with van der Waals surface area (Å²) in [6.45, 7) is 0. The SMILES string of the molecule is COC(=O)C1=Cc2cc(Cl)c(Cc3cccc(O)c3)cc2OC1C(F)(F)F. The van der Waals surface area contributed by atoms with E-state index in [1.54, 1.807) is 12.1 Å². The van der Waals surface area contributed by atoms with Crippen molar-refractivity contribution in [1.29, 1.82) is 0 Å². The van der Waals surface area contributed by atoms with Crippen LogP contribution in [0.25, 0.3) is 6.08 Å². The molecule has 27 heavy (non-hydrogen) atoms. The van der Waals surface area contributed by atoms with Crippen LogP contribution < -0.4 is 4.74 Å². The van der Waals surface area contributed by atoms with Crippen molar-refractivity contribution < 1.29 is 32.5 Å². The Balaban J connectivity index is 2.02.